The maximum atomic E-state index is 12.7. The summed E-state index contributed by atoms with van der Waals surface area (Å²) in [5.74, 6) is -0.0974. The Morgan fingerprint density at radius 2 is 0.611 bits per heavy atom. The van der Waals surface area contributed by atoms with E-state index in [2.05, 4.69) is 27.7 Å². The first kappa shape index (κ1) is 52.4. The smallest absolute Gasteiger partial charge is 0.306 e. The summed E-state index contributed by atoms with van der Waals surface area (Å²) in [6.07, 6.45) is 42.4. The fourth-order valence-electron chi connectivity index (χ4n) is 7.16. The predicted octanol–water partition coefficient (Wildman–Crippen LogP) is 15.1. The number of hydrogen-bond acceptors (Lipinski definition) is 6. The molecular weight excluding hydrogens is 673 g/mol. The van der Waals surface area contributed by atoms with Gasteiger partial charge in [0.25, 0.3) is 0 Å². The molecule has 320 valence electrons. The van der Waals surface area contributed by atoms with Gasteiger partial charge in [0, 0.05) is 19.3 Å². The first-order chi connectivity index (χ1) is 26.4. The third-order valence-corrected chi connectivity index (χ3v) is 10.8. The fourth-order valence-corrected chi connectivity index (χ4v) is 7.16. The third-order valence-electron chi connectivity index (χ3n) is 10.8. The first-order valence-corrected chi connectivity index (χ1v) is 23.9. The van der Waals surface area contributed by atoms with E-state index in [-0.39, 0.29) is 31.1 Å². The number of unbranched alkanes of at least 4 members (excludes halogenated alkanes) is 30. The zero-order chi connectivity index (χ0) is 39.6. The van der Waals surface area contributed by atoms with Crippen LogP contribution in [0.25, 0.3) is 0 Å². The van der Waals surface area contributed by atoms with Crippen LogP contribution in [0.1, 0.15) is 265 Å². The fraction of sp³-hybridized carbons (Fsp3) is 0.938. The van der Waals surface area contributed by atoms with E-state index in [4.69, 9.17) is 14.2 Å². The van der Waals surface area contributed by atoms with Gasteiger partial charge in [0.05, 0.1) is 0 Å². The Balaban J connectivity index is 4.25. The summed E-state index contributed by atoms with van der Waals surface area (Å²) in [7, 11) is 0. The molecule has 0 amide bonds. The molecule has 0 unspecified atom stereocenters. The van der Waals surface area contributed by atoms with Crippen LogP contribution in [-0.2, 0) is 28.6 Å². The minimum absolute atomic E-state index is 0.0645. The lowest BCUT2D eigenvalue weighted by atomic mass is 10.0. The third kappa shape index (κ3) is 41.6. The van der Waals surface area contributed by atoms with Gasteiger partial charge in [-0.1, -0.05) is 227 Å². The number of carbonyl (C=O) groups excluding carboxylic acids is 3. The highest BCUT2D eigenvalue weighted by molar-refractivity contribution is 5.71. The molecule has 0 bridgehead atoms. The lowest BCUT2D eigenvalue weighted by Crippen LogP contribution is -2.30. The van der Waals surface area contributed by atoms with Crippen molar-refractivity contribution in [3.8, 4) is 0 Å². The summed E-state index contributed by atoms with van der Waals surface area (Å²) in [5.41, 5.74) is 0. The van der Waals surface area contributed by atoms with Crippen LogP contribution in [0.4, 0.5) is 0 Å². The molecule has 0 saturated carbocycles. The van der Waals surface area contributed by atoms with Gasteiger partial charge in [-0.2, -0.15) is 0 Å². The van der Waals surface area contributed by atoms with E-state index in [0.29, 0.717) is 19.3 Å². The lowest BCUT2D eigenvalue weighted by Gasteiger charge is -2.18. The molecule has 0 aromatic carbocycles. The van der Waals surface area contributed by atoms with Crippen LogP contribution >= 0.6 is 0 Å². The average molecular weight is 765 g/mol. The van der Waals surface area contributed by atoms with Crippen molar-refractivity contribution in [2.45, 2.75) is 271 Å². The molecule has 6 heteroatoms. The molecule has 1 atom stereocenters. The van der Waals surface area contributed by atoms with Gasteiger partial charge in [0.15, 0.2) is 6.10 Å². The van der Waals surface area contributed by atoms with Gasteiger partial charge in [-0.3, -0.25) is 14.4 Å². The van der Waals surface area contributed by atoms with Crippen molar-refractivity contribution >= 4 is 17.9 Å². The zero-order valence-corrected chi connectivity index (χ0v) is 36.7. The highest BCUT2D eigenvalue weighted by atomic mass is 16.6. The Morgan fingerprint density at radius 3 is 0.907 bits per heavy atom. The molecule has 0 aromatic rings. The molecule has 0 fully saturated rings. The number of esters is 3. The molecule has 0 aliphatic rings. The van der Waals surface area contributed by atoms with Crippen molar-refractivity contribution in [1.82, 2.24) is 0 Å². The second kappa shape index (κ2) is 42.6. The summed E-state index contributed by atoms with van der Waals surface area (Å²) in [6, 6.07) is 0. The summed E-state index contributed by atoms with van der Waals surface area (Å²) in [6.45, 7) is 8.93. The molecule has 0 saturated heterocycles. The van der Waals surface area contributed by atoms with Crippen LogP contribution in [0.15, 0.2) is 0 Å². The second-order valence-electron chi connectivity index (χ2n) is 16.9. The number of ether oxygens (including phenoxy) is 3. The number of rotatable bonds is 43. The van der Waals surface area contributed by atoms with Gasteiger partial charge in [0.2, 0.25) is 0 Å². The van der Waals surface area contributed by atoms with Gasteiger partial charge < -0.3 is 14.2 Å². The quantitative estimate of drug-likeness (QED) is 0.0349. The molecule has 0 aliphatic carbocycles. The van der Waals surface area contributed by atoms with Gasteiger partial charge in [0.1, 0.15) is 13.2 Å². The SMILES string of the molecule is CCCCCCCCCCCCCCCCCCC(=O)OC[C@@H](COC(=O)CCCCCCCCCCCCC)OC(=O)CCCCCCCCC(C)C. The standard InChI is InChI=1S/C48H92O6/c1-5-7-9-11-13-15-17-18-19-20-21-23-25-27-32-36-40-47(50)53-43-45(54-48(51)41-37-33-29-28-30-34-38-44(3)4)42-52-46(49)39-35-31-26-24-22-16-14-12-10-8-6-2/h44-45H,5-43H2,1-4H3/t45-/m1/s1. The lowest BCUT2D eigenvalue weighted by molar-refractivity contribution is -0.167. The summed E-state index contributed by atoms with van der Waals surface area (Å²) < 4.78 is 16.7. The van der Waals surface area contributed by atoms with Gasteiger partial charge in [-0.05, 0) is 25.2 Å². The topological polar surface area (TPSA) is 78.9 Å². The predicted molar refractivity (Wildman–Crippen MR) is 229 cm³/mol. The minimum atomic E-state index is -0.760. The van der Waals surface area contributed by atoms with Crippen LogP contribution in [0, 0.1) is 5.92 Å². The largest absolute Gasteiger partial charge is 0.462 e. The average Bonchev–Trinajstić information content (AvgIpc) is 3.15. The normalized spacial score (nSPS) is 11.9. The van der Waals surface area contributed by atoms with Crippen LogP contribution in [0.5, 0.6) is 0 Å². The molecule has 0 radical (unpaired) electrons. The molecule has 0 aliphatic heterocycles. The van der Waals surface area contributed by atoms with Crippen molar-refractivity contribution < 1.29 is 28.6 Å². The zero-order valence-electron chi connectivity index (χ0n) is 36.7. The molecule has 6 nitrogen and oxygen atoms in total. The highest BCUT2D eigenvalue weighted by Gasteiger charge is 2.19. The summed E-state index contributed by atoms with van der Waals surface area (Å²) >= 11 is 0. The van der Waals surface area contributed by atoms with E-state index >= 15 is 0 Å². The van der Waals surface area contributed by atoms with Crippen molar-refractivity contribution in [2.24, 2.45) is 5.92 Å². The van der Waals surface area contributed by atoms with E-state index < -0.39 is 6.10 Å². The Bertz CT molecular complexity index is 811. The molecule has 54 heavy (non-hydrogen) atoms. The van der Waals surface area contributed by atoms with Gasteiger partial charge in [-0.25, -0.2) is 0 Å². The monoisotopic (exact) mass is 765 g/mol. The Hall–Kier alpha value is -1.59. The van der Waals surface area contributed by atoms with E-state index in [9.17, 15) is 14.4 Å². The van der Waals surface area contributed by atoms with Crippen molar-refractivity contribution in [2.75, 3.05) is 13.2 Å². The molecule has 0 spiro atoms. The number of carbonyl (C=O) groups is 3. The van der Waals surface area contributed by atoms with Crippen LogP contribution in [-0.4, -0.2) is 37.2 Å². The van der Waals surface area contributed by atoms with Crippen LogP contribution in [0.2, 0.25) is 0 Å². The highest BCUT2D eigenvalue weighted by Crippen LogP contribution is 2.16. The maximum absolute atomic E-state index is 12.7. The Morgan fingerprint density at radius 1 is 0.352 bits per heavy atom. The van der Waals surface area contributed by atoms with Crippen molar-refractivity contribution in [3.63, 3.8) is 0 Å². The van der Waals surface area contributed by atoms with Crippen molar-refractivity contribution in [3.05, 3.63) is 0 Å². The van der Waals surface area contributed by atoms with E-state index in [0.717, 1.165) is 63.7 Å². The van der Waals surface area contributed by atoms with Crippen molar-refractivity contribution in [1.29, 1.82) is 0 Å². The summed E-state index contributed by atoms with van der Waals surface area (Å²) in [4.78, 5) is 37.7. The van der Waals surface area contributed by atoms with Gasteiger partial charge in [-0.15, -0.1) is 0 Å². The van der Waals surface area contributed by atoms with Crippen LogP contribution in [0.3, 0.4) is 0 Å². The van der Waals surface area contributed by atoms with Crippen LogP contribution < -0.4 is 0 Å². The van der Waals surface area contributed by atoms with E-state index in [1.54, 1.807) is 0 Å². The molecular formula is C48H92O6. The molecule has 0 rings (SSSR count). The summed E-state index contributed by atoms with van der Waals surface area (Å²) in [5, 5.41) is 0. The molecule has 0 N–H and O–H groups in total. The van der Waals surface area contributed by atoms with E-state index in [1.807, 2.05) is 0 Å². The Kier molecular flexibility index (Phi) is 41.3. The molecule has 0 heterocycles. The minimum Gasteiger partial charge on any atom is -0.462 e. The first-order valence-electron chi connectivity index (χ1n) is 23.9. The maximum Gasteiger partial charge on any atom is 0.306 e. The van der Waals surface area contributed by atoms with Gasteiger partial charge >= 0.3 is 17.9 Å². The van der Waals surface area contributed by atoms with E-state index in [1.165, 1.54) is 161 Å². The Labute approximate surface area is 336 Å². The molecule has 0 aromatic heterocycles. The second-order valence-corrected chi connectivity index (χ2v) is 16.9. The number of hydrogen-bond donors (Lipinski definition) is 0.